The van der Waals surface area contributed by atoms with Crippen LogP contribution in [0.2, 0.25) is 0 Å². The van der Waals surface area contributed by atoms with Crippen molar-refractivity contribution in [2.24, 2.45) is 5.41 Å². The minimum Gasteiger partial charge on any atom is -0.324 e. The summed E-state index contributed by atoms with van der Waals surface area (Å²) in [4.78, 5) is 18.7. The maximum absolute atomic E-state index is 12.3. The molecule has 1 saturated carbocycles. The topological polar surface area (TPSA) is 26.8 Å². The Bertz CT molecular complexity index is 293. The van der Waals surface area contributed by atoms with E-state index in [0.717, 1.165) is 39.3 Å². The number of nitrogens with zero attached hydrogens (tertiary/aromatic N) is 3. The van der Waals surface area contributed by atoms with E-state index in [1.165, 1.54) is 19.3 Å². The van der Waals surface area contributed by atoms with Gasteiger partial charge in [0.05, 0.1) is 0 Å². The number of amides is 2. The fourth-order valence-electron chi connectivity index (χ4n) is 2.88. The van der Waals surface area contributed by atoms with Crippen molar-refractivity contribution in [2.45, 2.75) is 19.3 Å². The Kier molecular flexibility index (Phi) is 2.35. The van der Waals surface area contributed by atoms with Crippen LogP contribution in [0.3, 0.4) is 0 Å². The van der Waals surface area contributed by atoms with Crippen LogP contribution < -0.4 is 0 Å². The van der Waals surface area contributed by atoms with Gasteiger partial charge in [-0.25, -0.2) is 4.79 Å². The molecule has 90 valence electrons. The van der Waals surface area contributed by atoms with Crippen LogP contribution in [0.5, 0.6) is 0 Å². The van der Waals surface area contributed by atoms with Crippen molar-refractivity contribution in [1.29, 1.82) is 0 Å². The number of carbonyl (C=O) groups is 1. The highest BCUT2D eigenvalue weighted by Crippen LogP contribution is 2.52. The molecule has 1 aliphatic carbocycles. The minimum absolute atomic E-state index is 0.289. The van der Waals surface area contributed by atoms with Crippen molar-refractivity contribution in [3.8, 4) is 0 Å². The van der Waals surface area contributed by atoms with Gasteiger partial charge >= 0.3 is 6.03 Å². The van der Waals surface area contributed by atoms with Crippen LogP contribution in [-0.4, -0.2) is 67.0 Å². The van der Waals surface area contributed by atoms with Gasteiger partial charge in [-0.15, -0.1) is 0 Å². The summed E-state index contributed by atoms with van der Waals surface area (Å²) in [6, 6.07) is 0.289. The highest BCUT2D eigenvalue weighted by atomic mass is 16.2. The van der Waals surface area contributed by atoms with E-state index in [9.17, 15) is 4.79 Å². The van der Waals surface area contributed by atoms with E-state index in [-0.39, 0.29) is 6.03 Å². The van der Waals surface area contributed by atoms with Crippen molar-refractivity contribution in [1.82, 2.24) is 14.7 Å². The van der Waals surface area contributed by atoms with E-state index in [0.29, 0.717) is 5.41 Å². The van der Waals surface area contributed by atoms with Gasteiger partial charge in [0.2, 0.25) is 0 Å². The average Bonchev–Trinajstić information content (AvgIpc) is 2.89. The normalized spacial score (nSPS) is 28.8. The Hall–Kier alpha value is -0.770. The molecule has 0 unspecified atom stereocenters. The van der Waals surface area contributed by atoms with Gasteiger partial charge < -0.3 is 14.7 Å². The number of rotatable bonds is 0. The molecule has 16 heavy (non-hydrogen) atoms. The molecule has 0 bridgehead atoms. The molecule has 0 aromatic heterocycles. The monoisotopic (exact) mass is 223 g/mol. The first-order valence-corrected chi connectivity index (χ1v) is 6.41. The summed E-state index contributed by atoms with van der Waals surface area (Å²) < 4.78 is 0. The molecule has 4 nitrogen and oxygen atoms in total. The number of piperazine rings is 1. The second-order valence-corrected chi connectivity index (χ2v) is 5.74. The molecule has 2 saturated heterocycles. The van der Waals surface area contributed by atoms with Crippen LogP contribution in [-0.2, 0) is 0 Å². The first-order valence-electron chi connectivity index (χ1n) is 6.41. The van der Waals surface area contributed by atoms with E-state index in [2.05, 4.69) is 16.8 Å². The van der Waals surface area contributed by atoms with Crippen LogP contribution >= 0.6 is 0 Å². The van der Waals surface area contributed by atoms with Crippen LogP contribution in [0.1, 0.15) is 19.3 Å². The Morgan fingerprint density at radius 1 is 0.938 bits per heavy atom. The fraction of sp³-hybridized carbons (Fsp3) is 0.917. The quantitative estimate of drug-likeness (QED) is 0.608. The van der Waals surface area contributed by atoms with E-state index in [1.54, 1.807) is 0 Å². The van der Waals surface area contributed by atoms with Gasteiger partial charge in [-0.2, -0.15) is 0 Å². The molecule has 3 aliphatic rings. The summed E-state index contributed by atoms with van der Waals surface area (Å²) in [6.07, 6.45) is 3.94. The second kappa shape index (κ2) is 3.62. The molecule has 2 heterocycles. The van der Waals surface area contributed by atoms with Crippen molar-refractivity contribution < 1.29 is 4.79 Å². The Morgan fingerprint density at radius 2 is 1.62 bits per heavy atom. The maximum Gasteiger partial charge on any atom is 0.320 e. The minimum atomic E-state index is 0.289. The molecule has 0 N–H and O–H groups in total. The van der Waals surface area contributed by atoms with Gasteiger partial charge in [-0.05, 0) is 31.7 Å². The summed E-state index contributed by atoms with van der Waals surface area (Å²) in [5.41, 5.74) is 0.558. The molecule has 4 heteroatoms. The molecule has 2 aliphatic heterocycles. The van der Waals surface area contributed by atoms with Crippen molar-refractivity contribution in [3.63, 3.8) is 0 Å². The van der Waals surface area contributed by atoms with Gasteiger partial charge in [0.25, 0.3) is 0 Å². The summed E-state index contributed by atoms with van der Waals surface area (Å²) in [7, 11) is 2.12. The molecule has 0 radical (unpaired) electrons. The van der Waals surface area contributed by atoms with Crippen LogP contribution in [0.15, 0.2) is 0 Å². The number of carbonyl (C=O) groups excluding carboxylic acids is 1. The highest BCUT2D eigenvalue weighted by molar-refractivity contribution is 5.75. The third kappa shape index (κ3) is 1.79. The van der Waals surface area contributed by atoms with Crippen LogP contribution in [0.25, 0.3) is 0 Å². The third-order valence-electron chi connectivity index (χ3n) is 4.44. The summed E-state index contributed by atoms with van der Waals surface area (Å²) in [5.74, 6) is 0. The smallest absolute Gasteiger partial charge is 0.320 e. The molecular formula is C12H21N3O. The summed E-state index contributed by atoms with van der Waals surface area (Å²) in [5, 5.41) is 0. The van der Waals surface area contributed by atoms with Gasteiger partial charge in [0.15, 0.2) is 0 Å². The van der Waals surface area contributed by atoms with Crippen molar-refractivity contribution in [2.75, 3.05) is 46.3 Å². The van der Waals surface area contributed by atoms with E-state index >= 15 is 0 Å². The number of urea groups is 1. The second-order valence-electron chi connectivity index (χ2n) is 5.74. The maximum atomic E-state index is 12.3. The lowest BCUT2D eigenvalue weighted by molar-refractivity contribution is 0.127. The SMILES string of the molecule is CN1CCN(C(=O)N2CCC3(CC3)C2)CC1. The zero-order valence-electron chi connectivity index (χ0n) is 10.1. The van der Waals surface area contributed by atoms with E-state index in [4.69, 9.17) is 0 Å². The first-order chi connectivity index (χ1) is 7.69. The molecular weight excluding hydrogens is 202 g/mol. The van der Waals surface area contributed by atoms with E-state index < -0.39 is 0 Å². The first kappa shape index (κ1) is 10.4. The summed E-state index contributed by atoms with van der Waals surface area (Å²) in [6.45, 7) is 5.86. The predicted molar refractivity (Wildman–Crippen MR) is 62.3 cm³/mol. The van der Waals surface area contributed by atoms with Gasteiger partial charge in [-0.1, -0.05) is 0 Å². The van der Waals surface area contributed by atoms with Crippen LogP contribution in [0.4, 0.5) is 4.79 Å². The Balaban J connectivity index is 1.56. The molecule has 3 fully saturated rings. The number of likely N-dealkylation sites (tertiary alicyclic amines) is 1. The van der Waals surface area contributed by atoms with Crippen molar-refractivity contribution in [3.05, 3.63) is 0 Å². The molecule has 3 rings (SSSR count). The molecule has 0 aromatic carbocycles. The Morgan fingerprint density at radius 3 is 2.19 bits per heavy atom. The lowest BCUT2D eigenvalue weighted by atomic mass is 10.1. The lowest BCUT2D eigenvalue weighted by Gasteiger charge is -2.35. The molecule has 0 aromatic rings. The molecule has 1 spiro atoms. The van der Waals surface area contributed by atoms with Crippen LogP contribution in [0, 0.1) is 5.41 Å². The van der Waals surface area contributed by atoms with Crippen molar-refractivity contribution >= 4 is 6.03 Å². The zero-order chi connectivity index (χ0) is 11.2. The third-order valence-corrected chi connectivity index (χ3v) is 4.44. The predicted octanol–water partition coefficient (Wildman–Crippen LogP) is 0.840. The number of likely N-dealkylation sites (N-methyl/N-ethyl adjacent to an activating group) is 1. The van der Waals surface area contributed by atoms with Gasteiger partial charge in [-0.3, -0.25) is 0 Å². The molecule has 2 amide bonds. The summed E-state index contributed by atoms with van der Waals surface area (Å²) >= 11 is 0. The fourth-order valence-corrected chi connectivity index (χ4v) is 2.88. The van der Waals surface area contributed by atoms with Gasteiger partial charge in [0, 0.05) is 39.3 Å². The Labute approximate surface area is 97.2 Å². The van der Waals surface area contributed by atoms with Gasteiger partial charge in [0.1, 0.15) is 0 Å². The standard InChI is InChI=1S/C12H21N3O/c1-13-6-8-14(9-7-13)11(16)15-5-4-12(10-15)2-3-12/h2-10H2,1H3. The van der Waals surface area contributed by atoms with E-state index in [1.807, 2.05) is 4.90 Å². The molecule has 0 atom stereocenters. The highest BCUT2D eigenvalue weighted by Gasteiger charge is 2.49. The number of hydrogen-bond acceptors (Lipinski definition) is 2. The zero-order valence-corrected chi connectivity index (χ0v) is 10.1. The largest absolute Gasteiger partial charge is 0.324 e. The number of hydrogen-bond donors (Lipinski definition) is 0. The average molecular weight is 223 g/mol. The lowest BCUT2D eigenvalue weighted by Crippen LogP contribution is -2.51.